The van der Waals surface area contributed by atoms with E-state index in [1.54, 1.807) is 0 Å². The van der Waals surface area contributed by atoms with Crippen LogP contribution in [-0.2, 0) is 5.41 Å². The zero-order valence-corrected chi connectivity index (χ0v) is 17.3. The molecule has 1 aliphatic heterocycles. The maximum atomic E-state index is 5.10. The van der Waals surface area contributed by atoms with Crippen LogP contribution in [0.5, 0.6) is 0 Å². The van der Waals surface area contributed by atoms with Crippen molar-refractivity contribution in [2.45, 2.75) is 31.8 Å². The highest BCUT2D eigenvalue weighted by atomic mass is 15.1. The summed E-state index contributed by atoms with van der Waals surface area (Å²) < 4.78 is 2.31. The molecule has 0 radical (unpaired) electrons. The number of hydrogen-bond acceptors (Lipinski definition) is 1. The minimum atomic E-state index is -0.00540. The Labute approximate surface area is 177 Å². The van der Waals surface area contributed by atoms with Crippen LogP contribution in [0.1, 0.15) is 43.1 Å². The molecule has 2 heterocycles. The number of benzene rings is 3. The Morgan fingerprint density at radius 3 is 2.53 bits per heavy atom. The van der Waals surface area contributed by atoms with Crippen molar-refractivity contribution in [3.63, 3.8) is 0 Å². The minimum absolute atomic E-state index is 0.00540. The fourth-order valence-electron chi connectivity index (χ4n) is 5.21. The number of hydrogen-bond donors (Lipinski definition) is 0. The monoisotopic (exact) mass is 388 g/mol. The van der Waals surface area contributed by atoms with Crippen molar-refractivity contribution in [1.29, 1.82) is 0 Å². The Balaban J connectivity index is 1.51. The van der Waals surface area contributed by atoms with Gasteiger partial charge in [0.2, 0.25) is 0 Å². The molecular formula is C28H24N2. The Bertz CT molecular complexity index is 1340. The molecule has 0 saturated carbocycles. The minimum Gasteiger partial charge on any atom is -0.321 e. The number of nitrogens with zero attached hydrogens (tertiary/aromatic N) is 2. The molecule has 0 N–H and O–H groups in total. The summed E-state index contributed by atoms with van der Waals surface area (Å²) >= 11 is 0. The molecule has 1 unspecified atom stereocenters. The summed E-state index contributed by atoms with van der Waals surface area (Å²) in [6.07, 6.45) is 7.55. The molecule has 0 amide bonds. The normalized spacial score (nSPS) is 18.9. The molecule has 2 nitrogen and oxygen atoms in total. The summed E-state index contributed by atoms with van der Waals surface area (Å²) in [7, 11) is 0. The van der Waals surface area contributed by atoms with Crippen molar-refractivity contribution < 1.29 is 0 Å². The van der Waals surface area contributed by atoms with Gasteiger partial charge < -0.3 is 4.57 Å². The zero-order chi connectivity index (χ0) is 20.3. The molecule has 0 fully saturated rings. The van der Waals surface area contributed by atoms with Gasteiger partial charge >= 0.3 is 0 Å². The third-order valence-electron chi connectivity index (χ3n) is 6.75. The molecular weight excluding hydrogens is 364 g/mol. The van der Waals surface area contributed by atoms with E-state index in [9.17, 15) is 0 Å². The lowest BCUT2D eigenvalue weighted by Crippen LogP contribution is -2.15. The largest absolute Gasteiger partial charge is 0.321 e. The lowest BCUT2D eigenvalue weighted by Gasteiger charge is -2.22. The van der Waals surface area contributed by atoms with Crippen molar-refractivity contribution in [1.82, 2.24) is 4.57 Å². The molecule has 4 aromatic rings. The van der Waals surface area contributed by atoms with Crippen molar-refractivity contribution in [2.24, 2.45) is 4.99 Å². The summed E-state index contributed by atoms with van der Waals surface area (Å²) in [6, 6.07) is 26.2. The molecule has 2 aliphatic rings. The summed E-state index contributed by atoms with van der Waals surface area (Å²) in [5.41, 5.74) is 9.23. The van der Waals surface area contributed by atoms with Gasteiger partial charge in [-0.3, -0.25) is 4.99 Å². The second-order valence-electron chi connectivity index (χ2n) is 8.80. The van der Waals surface area contributed by atoms with E-state index in [0.29, 0.717) is 0 Å². The van der Waals surface area contributed by atoms with Crippen molar-refractivity contribution >= 4 is 16.6 Å². The average Bonchev–Trinajstić information content (AvgIpc) is 3.32. The first kappa shape index (κ1) is 17.5. The summed E-state index contributed by atoms with van der Waals surface area (Å²) in [6.45, 7) is 4.67. The second-order valence-corrected chi connectivity index (χ2v) is 8.80. The van der Waals surface area contributed by atoms with Gasteiger partial charge in [0, 0.05) is 29.1 Å². The molecule has 0 saturated heterocycles. The number of aromatic nitrogens is 1. The molecule has 1 atom stereocenters. The highest BCUT2D eigenvalue weighted by Crippen LogP contribution is 2.51. The molecule has 0 spiro atoms. The maximum Gasteiger partial charge on any atom is 0.144 e. The topological polar surface area (TPSA) is 17.3 Å². The first-order valence-corrected chi connectivity index (χ1v) is 10.7. The van der Waals surface area contributed by atoms with Crippen LogP contribution in [0.4, 0.5) is 0 Å². The average molecular weight is 389 g/mol. The first-order valence-electron chi connectivity index (χ1n) is 10.7. The molecule has 6 rings (SSSR count). The third-order valence-corrected chi connectivity index (χ3v) is 6.75. The summed E-state index contributed by atoms with van der Waals surface area (Å²) in [5, 5.41) is 1.32. The summed E-state index contributed by atoms with van der Waals surface area (Å²) in [4.78, 5) is 5.10. The van der Waals surface area contributed by atoms with Gasteiger partial charge in [-0.05, 0) is 46.0 Å². The molecule has 146 valence electrons. The van der Waals surface area contributed by atoms with Gasteiger partial charge in [0.15, 0.2) is 0 Å². The van der Waals surface area contributed by atoms with Crippen LogP contribution in [0.15, 0.2) is 96.1 Å². The van der Waals surface area contributed by atoms with E-state index in [2.05, 4.69) is 110 Å². The molecule has 1 aliphatic carbocycles. The Kier molecular flexibility index (Phi) is 3.67. The maximum absolute atomic E-state index is 5.10. The predicted octanol–water partition coefficient (Wildman–Crippen LogP) is 6.90. The predicted molar refractivity (Wildman–Crippen MR) is 125 cm³/mol. The van der Waals surface area contributed by atoms with Crippen LogP contribution in [0.25, 0.3) is 22.0 Å². The fraction of sp³-hybridized carbons (Fsp3) is 0.179. The lowest BCUT2D eigenvalue weighted by molar-refractivity contribution is 0.648. The van der Waals surface area contributed by atoms with Crippen LogP contribution in [0, 0.1) is 0 Å². The molecule has 2 heteroatoms. The smallest absolute Gasteiger partial charge is 0.144 e. The van der Waals surface area contributed by atoms with E-state index in [0.717, 1.165) is 12.1 Å². The van der Waals surface area contributed by atoms with Gasteiger partial charge in [-0.2, -0.15) is 0 Å². The van der Waals surface area contributed by atoms with Crippen LogP contribution in [0.2, 0.25) is 0 Å². The van der Waals surface area contributed by atoms with Crippen LogP contribution in [-0.4, -0.2) is 10.3 Å². The number of allylic oxidation sites excluding steroid dienone is 1. The number of aliphatic imine (C=N–C) groups is 1. The number of rotatable bonds is 2. The van der Waals surface area contributed by atoms with E-state index in [1.807, 2.05) is 0 Å². The second kappa shape index (κ2) is 6.30. The Morgan fingerprint density at radius 2 is 1.67 bits per heavy atom. The van der Waals surface area contributed by atoms with Gasteiger partial charge in [-0.15, -0.1) is 0 Å². The number of fused-ring (bicyclic) bond motifs is 5. The van der Waals surface area contributed by atoms with E-state index in [-0.39, 0.29) is 11.6 Å². The molecule has 3 aromatic carbocycles. The first-order chi connectivity index (χ1) is 14.6. The number of dihydropyridines is 1. The molecule has 0 bridgehead atoms. The molecule has 1 aromatic heterocycles. The Hall–Kier alpha value is -3.39. The van der Waals surface area contributed by atoms with Crippen LogP contribution in [0.3, 0.4) is 0 Å². The van der Waals surface area contributed by atoms with E-state index in [4.69, 9.17) is 4.99 Å². The van der Waals surface area contributed by atoms with Crippen LogP contribution < -0.4 is 0 Å². The lowest BCUT2D eigenvalue weighted by atomic mass is 9.82. The SMILES string of the molecule is CC1(C)c2ccccc2-c2c1ccc1c2ccn1C1C=CCC(c2ccccc2)=N1. The summed E-state index contributed by atoms with van der Waals surface area (Å²) in [5.74, 6) is 0. The quantitative estimate of drug-likeness (QED) is 0.333. The van der Waals surface area contributed by atoms with E-state index in [1.165, 1.54) is 38.7 Å². The van der Waals surface area contributed by atoms with Crippen molar-refractivity contribution in [3.8, 4) is 11.1 Å². The zero-order valence-electron chi connectivity index (χ0n) is 17.3. The van der Waals surface area contributed by atoms with Gasteiger partial charge in [0.25, 0.3) is 0 Å². The third kappa shape index (κ3) is 2.40. The van der Waals surface area contributed by atoms with Crippen molar-refractivity contribution in [3.05, 3.63) is 108 Å². The van der Waals surface area contributed by atoms with E-state index >= 15 is 0 Å². The highest BCUT2D eigenvalue weighted by Gasteiger charge is 2.36. The van der Waals surface area contributed by atoms with Crippen LogP contribution >= 0.6 is 0 Å². The fourth-order valence-corrected chi connectivity index (χ4v) is 5.21. The van der Waals surface area contributed by atoms with Gasteiger partial charge in [-0.1, -0.05) is 80.6 Å². The Morgan fingerprint density at radius 1 is 0.867 bits per heavy atom. The van der Waals surface area contributed by atoms with E-state index < -0.39 is 0 Å². The van der Waals surface area contributed by atoms with Crippen molar-refractivity contribution in [2.75, 3.05) is 0 Å². The standard InChI is InChI=1S/C28H24N2/c1-28(2)22-12-7-6-11-20(22)27-21-17-18-30(25(21)16-15-23(27)28)26-14-8-13-24(29-26)19-9-4-3-5-10-19/h3-12,14-18,26H,13H2,1-2H3. The molecule has 30 heavy (non-hydrogen) atoms. The van der Waals surface area contributed by atoms with Gasteiger partial charge in [0.1, 0.15) is 6.17 Å². The van der Waals surface area contributed by atoms with Gasteiger partial charge in [-0.25, -0.2) is 0 Å². The van der Waals surface area contributed by atoms with Gasteiger partial charge in [0.05, 0.1) is 5.52 Å². The highest BCUT2D eigenvalue weighted by molar-refractivity contribution is 6.03.